The van der Waals surface area contributed by atoms with Crippen molar-refractivity contribution in [2.24, 2.45) is 4.99 Å². The molecule has 94 valence electrons. The molecule has 1 aromatic heterocycles. The zero-order chi connectivity index (χ0) is 12.8. The van der Waals surface area contributed by atoms with Crippen LogP contribution >= 0.6 is 0 Å². The van der Waals surface area contributed by atoms with Gasteiger partial charge in [-0.2, -0.15) is 0 Å². The Morgan fingerprint density at radius 2 is 2.11 bits per heavy atom. The van der Waals surface area contributed by atoms with Crippen LogP contribution in [0.2, 0.25) is 0 Å². The van der Waals surface area contributed by atoms with Crippen molar-refractivity contribution < 1.29 is 4.74 Å². The molecule has 0 radical (unpaired) electrons. The number of hydrogen-bond donors (Lipinski definition) is 0. The highest BCUT2D eigenvalue weighted by Crippen LogP contribution is 2.12. The maximum atomic E-state index is 5.37. The number of hydrogen-bond acceptors (Lipinski definition) is 4. The van der Waals surface area contributed by atoms with Gasteiger partial charge in [0.15, 0.2) is 6.40 Å². The number of rotatable bonds is 5. The van der Waals surface area contributed by atoms with Gasteiger partial charge in [0.2, 0.25) is 5.88 Å². The van der Waals surface area contributed by atoms with Crippen molar-refractivity contribution in [3.05, 3.63) is 30.5 Å². The summed E-state index contributed by atoms with van der Waals surface area (Å²) in [5, 5.41) is 0. The quantitative estimate of drug-likeness (QED) is 0.598. The van der Waals surface area contributed by atoms with E-state index < -0.39 is 0 Å². The van der Waals surface area contributed by atoms with Crippen LogP contribution in [0.1, 0.15) is 26.7 Å². The second kappa shape index (κ2) is 6.10. The van der Waals surface area contributed by atoms with Gasteiger partial charge in [-0.25, -0.2) is 9.97 Å². The van der Waals surface area contributed by atoms with Crippen molar-refractivity contribution in [1.82, 2.24) is 9.97 Å². The SMILES string of the molecule is CCCC(C)/N=C/Oc1cnc2ccccc2n1. The van der Waals surface area contributed by atoms with E-state index in [0.717, 1.165) is 23.9 Å². The number of aliphatic imine (C=N–C) groups is 1. The standard InChI is InChI=1S/C14H17N3O/c1-3-6-11(2)16-10-18-14-9-15-12-7-4-5-8-13(12)17-14/h4-5,7-11H,3,6H2,1-2H3/b16-10+. The zero-order valence-electron chi connectivity index (χ0n) is 10.7. The maximum absolute atomic E-state index is 5.37. The number of nitrogens with zero attached hydrogens (tertiary/aromatic N) is 3. The molecular weight excluding hydrogens is 226 g/mol. The summed E-state index contributed by atoms with van der Waals surface area (Å²) >= 11 is 0. The first-order valence-electron chi connectivity index (χ1n) is 6.19. The van der Waals surface area contributed by atoms with Gasteiger partial charge in [0.1, 0.15) is 0 Å². The smallest absolute Gasteiger partial charge is 0.239 e. The van der Waals surface area contributed by atoms with Gasteiger partial charge in [0, 0.05) is 0 Å². The predicted octanol–water partition coefficient (Wildman–Crippen LogP) is 3.23. The fourth-order valence-electron chi connectivity index (χ4n) is 1.68. The third-order valence-corrected chi connectivity index (χ3v) is 2.62. The van der Waals surface area contributed by atoms with E-state index >= 15 is 0 Å². The van der Waals surface area contributed by atoms with E-state index in [0.29, 0.717) is 5.88 Å². The van der Waals surface area contributed by atoms with E-state index in [1.165, 1.54) is 6.40 Å². The predicted molar refractivity (Wildman–Crippen MR) is 73.0 cm³/mol. The van der Waals surface area contributed by atoms with Crippen molar-refractivity contribution in [2.45, 2.75) is 32.7 Å². The first-order valence-corrected chi connectivity index (χ1v) is 6.19. The van der Waals surface area contributed by atoms with Gasteiger partial charge in [0.05, 0.1) is 23.3 Å². The lowest BCUT2D eigenvalue weighted by molar-refractivity contribution is 0.534. The fraction of sp³-hybridized carbons (Fsp3) is 0.357. The third-order valence-electron chi connectivity index (χ3n) is 2.62. The maximum Gasteiger partial charge on any atom is 0.239 e. The molecule has 1 aromatic carbocycles. The molecule has 18 heavy (non-hydrogen) atoms. The van der Waals surface area contributed by atoms with E-state index in [9.17, 15) is 0 Å². The van der Waals surface area contributed by atoms with Gasteiger partial charge in [-0.15, -0.1) is 0 Å². The van der Waals surface area contributed by atoms with Crippen LogP contribution in [0.4, 0.5) is 0 Å². The van der Waals surface area contributed by atoms with E-state index in [2.05, 4.69) is 28.8 Å². The molecule has 1 heterocycles. The summed E-state index contributed by atoms with van der Waals surface area (Å²) < 4.78 is 5.37. The van der Waals surface area contributed by atoms with Crippen LogP contribution in [0.5, 0.6) is 5.88 Å². The van der Waals surface area contributed by atoms with Crippen LogP contribution in [-0.2, 0) is 0 Å². The zero-order valence-corrected chi connectivity index (χ0v) is 10.7. The number of benzene rings is 1. The summed E-state index contributed by atoms with van der Waals surface area (Å²) in [6, 6.07) is 7.97. The third kappa shape index (κ3) is 3.26. The first kappa shape index (κ1) is 12.5. The highest BCUT2D eigenvalue weighted by atomic mass is 16.5. The minimum atomic E-state index is 0.281. The highest BCUT2D eigenvalue weighted by Gasteiger charge is 1.99. The van der Waals surface area contributed by atoms with Gasteiger partial charge in [-0.1, -0.05) is 25.5 Å². The Morgan fingerprint density at radius 3 is 2.89 bits per heavy atom. The minimum absolute atomic E-state index is 0.281. The van der Waals surface area contributed by atoms with E-state index in [4.69, 9.17) is 4.74 Å². The molecule has 2 rings (SSSR count). The normalized spacial score (nSPS) is 13.0. The van der Waals surface area contributed by atoms with Gasteiger partial charge in [-0.3, -0.25) is 4.99 Å². The molecule has 0 aliphatic carbocycles. The molecule has 4 nitrogen and oxygen atoms in total. The van der Waals surface area contributed by atoms with Crippen LogP contribution in [0, 0.1) is 0 Å². The van der Waals surface area contributed by atoms with Gasteiger partial charge < -0.3 is 4.74 Å². The summed E-state index contributed by atoms with van der Waals surface area (Å²) in [4.78, 5) is 12.9. The number of fused-ring (bicyclic) bond motifs is 1. The Morgan fingerprint density at radius 1 is 1.33 bits per heavy atom. The number of ether oxygens (including phenoxy) is 1. The van der Waals surface area contributed by atoms with E-state index in [1.807, 2.05) is 24.3 Å². The molecule has 0 N–H and O–H groups in total. The highest BCUT2D eigenvalue weighted by molar-refractivity contribution is 5.74. The van der Waals surface area contributed by atoms with Crippen LogP contribution in [0.15, 0.2) is 35.5 Å². The summed E-state index contributed by atoms with van der Waals surface area (Å²) in [6.45, 7) is 4.21. The van der Waals surface area contributed by atoms with Gasteiger partial charge in [-0.05, 0) is 25.5 Å². The van der Waals surface area contributed by atoms with Gasteiger partial charge in [0.25, 0.3) is 0 Å². The van der Waals surface area contributed by atoms with E-state index in [-0.39, 0.29) is 6.04 Å². The molecule has 0 amide bonds. The molecule has 0 aliphatic rings. The summed E-state index contributed by atoms with van der Waals surface area (Å²) in [6.07, 6.45) is 5.25. The Hall–Kier alpha value is -1.97. The molecule has 0 aliphatic heterocycles. The van der Waals surface area contributed by atoms with Crippen LogP contribution < -0.4 is 4.74 Å². The lowest BCUT2D eigenvalue weighted by Crippen LogP contribution is -2.01. The first-order chi connectivity index (χ1) is 8.79. The molecular formula is C14H17N3O. The Labute approximate surface area is 107 Å². The average molecular weight is 243 g/mol. The Balaban J connectivity index is 2.03. The fourth-order valence-corrected chi connectivity index (χ4v) is 1.68. The summed E-state index contributed by atoms with van der Waals surface area (Å²) in [7, 11) is 0. The topological polar surface area (TPSA) is 47.4 Å². The van der Waals surface area contributed by atoms with Crippen molar-refractivity contribution in [2.75, 3.05) is 0 Å². The minimum Gasteiger partial charge on any atom is -0.426 e. The number of para-hydroxylation sites is 2. The van der Waals surface area contributed by atoms with Crippen LogP contribution in [0.3, 0.4) is 0 Å². The molecule has 1 atom stereocenters. The van der Waals surface area contributed by atoms with Crippen molar-refractivity contribution >= 4 is 17.4 Å². The average Bonchev–Trinajstić information content (AvgIpc) is 2.39. The largest absolute Gasteiger partial charge is 0.426 e. The molecule has 0 fully saturated rings. The monoisotopic (exact) mass is 243 g/mol. The molecule has 0 saturated heterocycles. The second-order valence-corrected chi connectivity index (χ2v) is 4.21. The van der Waals surface area contributed by atoms with Gasteiger partial charge >= 0.3 is 0 Å². The van der Waals surface area contributed by atoms with Crippen molar-refractivity contribution in [3.63, 3.8) is 0 Å². The Bertz CT molecular complexity index is 539. The lowest BCUT2D eigenvalue weighted by atomic mass is 10.2. The molecule has 1 unspecified atom stereocenters. The van der Waals surface area contributed by atoms with Crippen LogP contribution in [-0.4, -0.2) is 22.4 Å². The number of aromatic nitrogens is 2. The molecule has 0 bridgehead atoms. The summed E-state index contributed by atoms with van der Waals surface area (Å²) in [5.41, 5.74) is 1.69. The molecule has 2 aromatic rings. The molecule has 4 heteroatoms. The molecule has 0 saturated carbocycles. The molecule has 0 spiro atoms. The van der Waals surface area contributed by atoms with Crippen LogP contribution in [0.25, 0.3) is 11.0 Å². The van der Waals surface area contributed by atoms with E-state index in [1.54, 1.807) is 6.20 Å². The Kier molecular flexibility index (Phi) is 4.23. The lowest BCUT2D eigenvalue weighted by Gasteiger charge is -2.03. The summed E-state index contributed by atoms with van der Waals surface area (Å²) in [5.74, 6) is 0.473. The van der Waals surface area contributed by atoms with Crippen molar-refractivity contribution in [3.8, 4) is 5.88 Å². The second-order valence-electron chi connectivity index (χ2n) is 4.21. The van der Waals surface area contributed by atoms with Crippen molar-refractivity contribution in [1.29, 1.82) is 0 Å².